The van der Waals surface area contributed by atoms with Gasteiger partial charge in [-0.1, -0.05) is 176 Å². The maximum Gasteiger partial charge on any atom is 0.137 e. The maximum atomic E-state index is 6.66. The minimum atomic E-state index is -0.398. The number of hydrogen-bond donors (Lipinski definition) is 0. The summed E-state index contributed by atoms with van der Waals surface area (Å²) in [5.41, 5.74) is 17.0. The summed E-state index contributed by atoms with van der Waals surface area (Å²) in [5, 5.41) is 4.77. The van der Waals surface area contributed by atoms with Gasteiger partial charge >= 0.3 is 0 Å². The van der Waals surface area contributed by atoms with E-state index in [-0.39, 0.29) is 11.5 Å². The first-order chi connectivity index (χ1) is 31.6. The van der Waals surface area contributed by atoms with Gasteiger partial charge in [-0.3, -0.25) is 0 Å². The van der Waals surface area contributed by atoms with Gasteiger partial charge < -0.3 is 9.32 Å². The largest absolute Gasteiger partial charge is 0.456 e. The third-order valence-electron chi connectivity index (χ3n) is 17.9. The average Bonchev–Trinajstić information content (AvgIpc) is 3.85. The minimum absolute atomic E-state index is 0.0835. The molecule has 15 rings (SSSR count). The van der Waals surface area contributed by atoms with Gasteiger partial charge in [-0.15, -0.1) is 0 Å². The Balaban J connectivity index is 0.966. The molecule has 6 aliphatic carbocycles. The van der Waals surface area contributed by atoms with Crippen molar-refractivity contribution in [1.29, 1.82) is 0 Å². The minimum Gasteiger partial charge on any atom is -0.456 e. The van der Waals surface area contributed by atoms with Crippen molar-refractivity contribution in [3.8, 4) is 33.4 Å². The number of fused-ring (bicyclic) bond motifs is 11. The molecule has 2 nitrogen and oxygen atoms in total. The highest BCUT2D eigenvalue weighted by molar-refractivity contribution is 6.14. The number of anilines is 2. The number of furan rings is 1. The third-order valence-corrected chi connectivity index (χ3v) is 17.9. The molecule has 0 N–H and O–H groups in total. The number of allylic oxidation sites excluding steroid dienone is 2. The Morgan fingerprint density at radius 3 is 2.03 bits per heavy atom. The number of hydrogen-bond acceptors (Lipinski definition) is 2. The molecule has 0 radical (unpaired) electrons. The normalized spacial score (nSPS) is 28.4. The Bertz CT molecular complexity index is 3490. The summed E-state index contributed by atoms with van der Waals surface area (Å²) in [7, 11) is 0. The van der Waals surface area contributed by atoms with Crippen LogP contribution in [-0.4, -0.2) is 6.04 Å². The lowest BCUT2D eigenvalue weighted by Gasteiger charge is -2.92. The first-order valence-electron chi connectivity index (χ1n) is 23.6. The molecule has 4 fully saturated rings. The third kappa shape index (κ3) is 4.15. The van der Waals surface area contributed by atoms with Crippen LogP contribution in [0, 0.1) is 29.1 Å². The zero-order chi connectivity index (χ0) is 41.9. The van der Waals surface area contributed by atoms with E-state index in [1.54, 1.807) is 11.1 Å². The summed E-state index contributed by atoms with van der Waals surface area (Å²) in [6, 6.07) is 65.9. The van der Waals surface area contributed by atoms with E-state index in [1.165, 1.54) is 74.7 Å². The van der Waals surface area contributed by atoms with E-state index in [0.29, 0.717) is 5.41 Å². The Labute approximate surface area is 374 Å². The van der Waals surface area contributed by atoms with Crippen LogP contribution in [0.1, 0.15) is 42.9 Å². The maximum absolute atomic E-state index is 6.66. The molecule has 2 spiro atoms. The first kappa shape index (κ1) is 35.5. The Morgan fingerprint density at radius 2 is 1.19 bits per heavy atom. The van der Waals surface area contributed by atoms with Crippen molar-refractivity contribution in [2.75, 3.05) is 4.90 Å². The fourth-order valence-corrected chi connectivity index (χ4v) is 15.4. The molecule has 64 heavy (non-hydrogen) atoms. The second-order valence-corrected chi connectivity index (χ2v) is 20.1. The summed E-state index contributed by atoms with van der Waals surface area (Å²) in [6.45, 7) is 2.50. The van der Waals surface area contributed by atoms with Crippen LogP contribution < -0.4 is 4.90 Å². The number of rotatable bonds is 6. The molecule has 8 aromatic carbocycles. The van der Waals surface area contributed by atoms with Crippen LogP contribution in [0.25, 0.3) is 66.1 Å². The molecular formula is C62H47NO. The van der Waals surface area contributed by atoms with E-state index >= 15 is 0 Å². The smallest absolute Gasteiger partial charge is 0.137 e. The monoisotopic (exact) mass is 821 g/mol. The van der Waals surface area contributed by atoms with Crippen LogP contribution in [0.2, 0.25) is 0 Å². The quantitative estimate of drug-likeness (QED) is 0.166. The molecule has 0 amide bonds. The zero-order valence-electron chi connectivity index (χ0n) is 35.9. The van der Waals surface area contributed by atoms with Gasteiger partial charge in [-0.25, -0.2) is 0 Å². The molecule has 2 heteroatoms. The van der Waals surface area contributed by atoms with E-state index in [0.717, 1.165) is 51.3 Å². The molecule has 306 valence electrons. The van der Waals surface area contributed by atoms with E-state index in [4.69, 9.17) is 4.42 Å². The molecular weight excluding hydrogens is 775 g/mol. The number of benzene rings is 8. The van der Waals surface area contributed by atoms with Crippen LogP contribution in [0.15, 0.2) is 205 Å². The molecule has 0 aliphatic heterocycles. The van der Waals surface area contributed by atoms with Gasteiger partial charge in [0, 0.05) is 27.5 Å². The highest BCUT2D eigenvalue weighted by Gasteiger charge is 2.90. The Morgan fingerprint density at radius 1 is 0.516 bits per heavy atom. The van der Waals surface area contributed by atoms with Crippen molar-refractivity contribution in [2.24, 2.45) is 29.1 Å². The zero-order valence-corrected chi connectivity index (χ0v) is 35.9. The van der Waals surface area contributed by atoms with Crippen molar-refractivity contribution in [1.82, 2.24) is 0 Å². The molecule has 1 aromatic heterocycles. The molecule has 1 heterocycles. The highest BCUT2D eigenvalue weighted by atomic mass is 16.3. The Hall–Kier alpha value is -6.90. The second kappa shape index (κ2) is 12.4. The number of para-hydroxylation sites is 2. The molecule has 6 aliphatic rings. The predicted octanol–water partition coefficient (Wildman–Crippen LogP) is 15.6. The van der Waals surface area contributed by atoms with Crippen LogP contribution in [0.3, 0.4) is 0 Å². The summed E-state index contributed by atoms with van der Waals surface area (Å²) in [6.07, 6.45) is 13.8. The molecule has 4 saturated carbocycles. The summed E-state index contributed by atoms with van der Waals surface area (Å²) in [5.74, 6) is 3.51. The van der Waals surface area contributed by atoms with Gasteiger partial charge in [0.05, 0.1) is 17.1 Å². The first-order valence-corrected chi connectivity index (χ1v) is 23.6. The molecule has 0 saturated heterocycles. The fourth-order valence-electron chi connectivity index (χ4n) is 15.4. The van der Waals surface area contributed by atoms with Gasteiger partial charge in [0.25, 0.3) is 0 Å². The Kier molecular flexibility index (Phi) is 6.90. The molecule has 6 unspecified atom stereocenters. The van der Waals surface area contributed by atoms with Crippen molar-refractivity contribution in [3.05, 3.63) is 217 Å². The summed E-state index contributed by atoms with van der Waals surface area (Å²) in [4.78, 5) is 2.67. The lowest BCUT2D eigenvalue weighted by molar-refractivity contribution is -0.412. The molecule has 0 bridgehead atoms. The van der Waals surface area contributed by atoms with E-state index in [2.05, 4.69) is 212 Å². The van der Waals surface area contributed by atoms with Crippen molar-refractivity contribution < 1.29 is 4.42 Å². The standard InChI is InChI=1S/C62H47NO/c1-60(40-31-32-45-44-20-5-8-25-49(44)62(50(45)35-40)55-36-41-34-42-37-56(62)61(41,42)55)33-12-11-30-57(60)63(52-27-15-29-54-59(52)48-22-7-10-28-53(48)64-54)51-26-9-6-21-46(51)47-24-14-19-39-18-13-23-43(58(39)47)38-16-3-2-4-17-38/h2-33,35,41-42,55-57H,34,36-37H2,1H3. The van der Waals surface area contributed by atoms with Gasteiger partial charge in [-0.2, -0.15) is 0 Å². The van der Waals surface area contributed by atoms with Crippen LogP contribution >= 0.6 is 0 Å². The highest BCUT2D eigenvalue weighted by Crippen LogP contribution is 2.94. The van der Waals surface area contributed by atoms with Crippen LogP contribution in [0.5, 0.6) is 0 Å². The lowest BCUT2D eigenvalue weighted by Crippen LogP contribution is -2.88. The number of nitrogens with zero attached hydrogens (tertiary/aromatic N) is 1. The second-order valence-electron chi connectivity index (χ2n) is 20.1. The molecule has 6 atom stereocenters. The average molecular weight is 822 g/mol. The van der Waals surface area contributed by atoms with Crippen molar-refractivity contribution in [2.45, 2.75) is 43.1 Å². The van der Waals surface area contributed by atoms with Gasteiger partial charge in [-0.05, 0) is 135 Å². The van der Waals surface area contributed by atoms with E-state index in [9.17, 15) is 0 Å². The van der Waals surface area contributed by atoms with Gasteiger partial charge in [0.2, 0.25) is 0 Å². The summed E-state index contributed by atoms with van der Waals surface area (Å²) >= 11 is 0. The predicted molar refractivity (Wildman–Crippen MR) is 263 cm³/mol. The van der Waals surface area contributed by atoms with Gasteiger partial charge in [0.1, 0.15) is 11.2 Å². The lowest BCUT2D eigenvalue weighted by atomic mass is 9.11. The van der Waals surface area contributed by atoms with Crippen LogP contribution in [0.4, 0.5) is 11.4 Å². The topological polar surface area (TPSA) is 16.4 Å². The SMILES string of the molecule is CC1(c2ccc3c(c2)C2(c4ccccc4-3)C3CC4CC5CC2C453)C=CC=CC1N(c1ccccc1-c1cccc2cccc(-c3ccccc3)c12)c1cccc2oc3ccccc3c12. The molecule has 9 aromatic rings. The van der Waals surface area contributed by atoms with E-state index in [1.807, 2.05) is 0 Å². The van der Waals surface area contributed by atoms with Crippen molar-refractivity contribution >= 4 is 44.1 Å². The van der Waals surface area contributed by atoms with E-state index < -0.39 is 5.41 Å². The fraction of sp³-hybridized carbons (Fsp3) is 0.194. The van der Waals surface area contributed by atoms with Crippen LogP contribution in [-0.2, 0) is 10.8 Å². The van der Waals surface area contributed by atoms with Crippen molar-refractivity contribution in [3.63, 3.8) is 0 Å². The summed E-state index contributed by atoms with van der Waals surface area (Å²) < 4.78 is 6.66. The van der Waals surface area contributed by atoms with Gasteiger partial charge in [0.15, 0.2) is 0 Å².